The average molecular weight is 436 g/mol. The number of benzene rings is 1. The van der Waals surface area contributed by atoms with Gasteiger partial charge in [-0.15, -0.1) is 0 Å². The predicted molar refractivity (Wildman–Crippen MR) is 121 cm³/mol. The van der Waals surface area contributed by atoms with Gasteiger partial charge >= 0.3 is 0 Å². The van der Waals surface area contributed by atoms with Gasteiger partial charge in [0.2, 0.25) is 5.91 Å². The van der Waals surface area contributed by atoms with E-state index in [0.717, 1.165) is 87.4 Å². The van der Waals surface area contributed by atoms with Gasteiger partial charge in [-0.25, -0.2) is 0 Å². The van der Waals surface area contributed by atoms with Crippen LogP contribution < -0.4 is 10.1 Å². The average Bonchev–Trinajstić information content (AvgIpc) is 3.32. The molecule has 0 saturated carbocycles. The molecular formula is C22H34ClN5O2. The number of nitrogens with zero attached hydrogens (tertiary/aromatic N) is 4. The molecule has 0 radical (unpaired) electrons. The van der Waals surface area contributed by atoms with Crippen molar-refractivity contribution in [3.05, 3.63) is 28.8 Å². The van der Waals surface area contributed by atoms with Crippen molar-refractivity contribution in [3.8, 4) is 5.75 Å². The Kier molecular flexibility index (Phi) is 8.22. The maximum atomic E-state index is 12.7. The van der Waals surface area contributed by atoms with E-state index in [1.807, 2.05) is 37.1 Å². The van der Waals surface area contributed by atoms with Crippen LogP contribution in [0.2, 0.25) is 5.02 Å². The third kappa shape index (κ3) is 5.58. The highest BCUT2D eigenvalue weighted by atomic mass is 35.5. The summed E-state index contributed by atoms with van der Waals surface area (Å²) in [5.41, 5.74) is 1.08. The van der Waals surface area contributed by atoms with Crippen molar-refractivity contribution in [1.29, 1.82) is 0 Å². The van der Waals surface area contributed by atoms with Crippen LogP contribution in [0.3, 0.4) is 0 Å². The predicted octanol–water partition coefficient (Wildman–Crippen LogP) is 2.09. The number of likely N-dealkylation sites (tertiary alicyclic amines) is 1. The van der Waals surface area contributed by atoms with E-state index in [1.54, 1.807) is 7.11 Å². The molecule has 30 heavy (non-hydrogen) atoms. The van der Waals surface area contributed by atoms with Crippen LogP contribution in [0.25, 0.3) is 0 Å². The van der Waals surface area contributed by atoms with E-state index >= 15 is 0 Å². The molecule has 0 aromatic heterocycles. The molecule has 166 valence electrons. The highest BCUT2D eigenvalue weighted by Crippen LogP contribution is 2.22. The first-order chi connectivity index (χ1) is 14.5. The summed E-state index contributed by atoms with van der Waals surface area (Å²) in [7, 11) is 3.45. The quantitative estimate of drug-likeness (QED) is 0.547. The number of amides is 1. The molecule has 1 unspecified atom stereocenters. The molecule has 1 atom stereocenters. The molecule has 0 spiro atoms. The van der Waals surface area contributed by atoms with Crippen molar-refractivity contribution < 1.29 is 9.53 Å². The van der Waals surface area contributed by atoms with Crippen molar-refractivity contribution in [1.82, 2.24) is 20.0 Å². The highest BCUT2D eigenvalue weighted by molar-refractivity contribution is 6.31. The number of guanidine groups is 1. The Balaban J connectivity index is 1.45. The zero-order chi connectivity index (χ0) is 21.5. The van der Waals surface area contributed by atoms with E-state index in [9.17, 15) is 4.79 Å². The Hall–Kier alpha value is -1.99. The van der Waals surface area contributed by atoms with Gasteiger partial charge in [0.25, 0.3) is 0 Å². The minimum absolute atomic E-state index is 0.0440. The number of rotatable bonds is 6. The van der Waals surface area contributed by atoms with E-state index in [4.69, 9.17) is 16.3 Å². The largest absolute Gasteiger partial charge is 0.497 e. The summed E-state index contributed by atoms with van der Waals surface area (Å²) in [6.45, 7) is 8.08. The molecule has 2 fully saturated rings. The number of nitrogens with one attached hydrogen (secondary N) is 1. The normalized spacial score (nSPS) is 19.1. The molecule has 2 aliphatic heterocycles. The molecule has 3 rings (SSSR count). The van der Waals surface area contributed by atoms with E-state index in [2.05, 4.69) is 20.1 Å². The van der Waals surface area contributed by atoms with E-state index in [1.165, 1.54) is 0 Å². The number of aliphatic imine (C=N–C) groups is 1. The number of hydrogen-bond acceptors (Lipinski definition) is 4. The summed E-state index contributed by atoms with van der Waals surface area (Å²) in [5, 5.41) is 4.17. The van der Waals surface area contributed by atoms with Crippen LogP contribution in [-0.4, -0.2) is 92.6 Å². The zero-order valence-corrected chi connectivity index (χ0v) is 19.1. The third-order valence-electron chi connectivity index (χ3n) is 6.09. The number of hydrogen-bond donors (Lipinski definition) is 1. The van der Waals surface area contributed by atoms with Crippen molar-refractivity contribution in [2.24, 2.45) is 4.99 Å². The van der Waals surface area contributed by atoms with Crippen LogP contribution in [0.15, 0.2) is 23.2 Å². The summed E-state index contributed by atoms with van der Waals surface area (Å²) in [5.74, 6) is 1.94. The van der Waals surface area contributed by atoms with Crippen LogP contribution in [-0.2, 0) is 11.2 Å². The Labute approximate surface area is 185 Å². The molecular weight excluding hydrogens is 402 g/mol. The number of carbonyl (C=O) groups is 1. The summed E-state index contributed by atoms with van der Waals surface area (Å²) in [4.78, 5) is 23.7. The molecule has 0 bridgehead atoms. The molecule has 2 heterocycles. The molecule has 2 aliphatic rings. The second-order valence-electron chi connectivity index (χ2n) is 7.91. The molecule has 2 saturated heterocycles. The zero-order valence-electron chi connectivity index (χ0n) is 18.4. The first kappa shape index (κ1) is 22.7. The molecule has 8 heteroatoms. The molecule has 0 aliphatic carbocycles. The van der Waals surface area contributed by atoms with Crippen molar-refractivity contribution in [3.63, 3.8) is 0 Å². The fourth-order valence-electron chi connectivity index (χ4n) is 4.18. The lowest BCUT2D eigenvalue weighted by Crippen LogP contribution is -2.57. The second kappa shape index (κ2) is 10.9. The summed E-state index contributed by atoms with van der Waals surface area (Å²) < 4.78 is 5.20. The number of ether oxygens (including phenoxy) is 1. The van der Waals surface area contributed by atoms with Crippen LogP contribution in [0.1, 0.15) is 25.3 Å². The topological polar surface area (TPSA) is 60.4 Å². The third-order valence-corrected chi connectivity index (χ3v) is 6.44. The van der Waals surface area contributed by atoms with Gasteiger partial charge in [-0.2, -0.15) is 0 Å². The Bertz CT molecular complexity index is 743. The molecule has 1 aromatic carbocycles. The van der Waals surface area contributed by atoms with Crippen LogP contribution in [0.5, 0.6) is 5.75 Å². The smallest absolute Gasteiger partial charge is 0.239 e. The van der Waals surface area contributed by atoms with Crippen molar-refractivity contribution >= 4 is 23.5 Å². The highest BCUT2D eigenvalue weighted by Gasteiger charge is 2.30. The van der Waals surface area contributed by atoms with Gasteiger partial charge in [0.1, 0.15) is 5.75 Å². The Morgan fingerprint density at radius 3 is 2.47 bits per heavy atom. The van der Waals surface area contributed by atoms with Gasteiger partial charge in [-0.1, -0.05) is 17.7 Å². The standard InChI is InChI=1S/C22H34ClN5O2/c1-17(21(29)27-10-4-5-11-27)26-12-14-28(15-13-26)22(24-2)25-9-8-18-6-7-19(30-3)16-20(18)23/h6-7,16-17H,4-5,8-15H2,1-3H3,(H,24,25). The lowest BCUT2D eigenvalue weighted by Gasteiger charge is -2.39. The Morgan fingerprint density at radius 2 is 1.87 bits per heavy atom. The van der Waals surface area contributed by atoms with Crippen LogP contribution in [0.4, 0.5) is 0 Å². The van der Waals surface area contributed by atoms with Gasteiger partial charge in [-0.05, 0) is 43.9 Å². The van der Waals surface area contributed by atoms with Gasteiger partial charge in [-0.3, -0.25) is 14.7 Å². The number of halogens is 1. The minimum atomic E-state index is -0.0440. The van der Waals surface area contributed by atoms with Gasteiger partial charge in [0.15, 0.2) is 5.96 Å². The second-order valence-corrected chi connectivity index (χ2v) is 8.32. The van der Waals surface area contributed by atoms with Gasteiger partial charge in [0.05, 0.1) is 13.2 Å². The molecule has 1 aromatic rings. The molecule has 7 nitrogen and oxygen atoms in total. The Morgan fingerprint density at radius 1 is 1.17 bits per heavy atom. The summed E-state index contributed by atoms with van der Waals surface area (Å²) >= 11 is 6.34. The van der Waals surface area contributed by atoms with Crippen molar-refractivity contribution in [2.45, 2.75) is 32.2 Å². The molecule has 1 amide bonds. The van der Waals surface area contributed by atoms with Crippen LogP contribution >= 0.6 is 11.6 Å². The summed E-state index contributed by atoms with van der Waals surface area (Å²) in [6, 6.07) is 5.73. The maximum Gasteiger partial charge on any atom is 0.239 e. The first-order valence-electron chi connectivity index (χ1n) is 10.8. The van der Waals surface area contributed by atoms with E-state index < -0.39 is 0 Å². The first-order valence-corrected chi connectivity index (χ1v) is 11.2. The lowest BCUT2D eigenvalue weighted by molar-refractivity contribution is -0.135. The number of piperazine rings is 1. The fraction of sp³-hybridized carbons (Fsp3) is 0.636. The SMILES string of the molecule is CN=C(NCCc1ccc(OC)cc1Cl)N1CCN(C(C)C(=O)N2CCCC2)CC1. The van der Waals surface area contributed by atoms with E-state index in [-0.39, 0.29) is 11.9 Å². The van der Waals surface area contributed by atoms with Gasteiger partial charge in [0, 0.05) is 57.9 Å². The summed E-state index contributed by atoms with van der Waals surface area (Å²) in [6.07, 6.45) is 3.08. The minimum Gasteiger partial charge on any atom is -0.497 e. The lowest BCUT2D eigenvalue weighted by atomic mass is 10.1. The monoisotopic (exact) mass is 435 g/mol. The van der Waals surface area contributed by atoms with Crippen molar-refractivity contribution in [2.75, 3.05) is 60.0 Å². The maximum absolute atomic E-state index is 12.7. The van der Waals surface area contributed by atoms with Crippen LogP contribution in [0, 0.1) is 0 Å². The fourth-order valence-corrected chi connectivity index (χ4v) is 4.44. The van der Waals surface area contributed by atoms with Gasteiger partial charge < -0.3 is 19.9 Å². The number of methoxy groups -OCH3 is 1. The molecule has 1 N–H and O–H groups in total. The number of carbonyl (C=O) groups excluding carboxylic acids is 1. The van der Waals surface area contributed by atoms with E-state index in [0.29, 0.717) is 0 Å².